The number of hydrogen-bond acceptors (Lipinski definition) is 3. The SMILES string of the molecule is O=C(Cc1ccc(Br)cc1)Nc1nc2c(nc1CC1CCCCC1)-c1ccccc1CC2. The Hall–Kier alpha value is -2.53. The van der Waals surface area contributed by atoms with Crippen molar-refractivity contribution in [2.75, 3.05) is 5.32 Å². The second-order valence-electron chi connectivity index (χ2n) is 9.03. The molecule has 0 unspecified atom stereocenters. The third-order valence-electron chi connectivity index (χ3n) is 6.69. The van der Waals surface area contributed by atoms with E-state index < -0.39 is 0 Å². The van der Waals surface area contributed by atoms with E-state index >= 15 is 0 Å². The molecule has 32 heavy (non-hydrogen) atoms. The summed E-state index contributed by atoms with van der Waals surface area (Å²) >= 11 is 3.45. The number of anilines is 1. The zero-order valence-corrected chi connectivity index (χ0v) is 19.8. The zero-order chi connectivity index (χ0) is 21.9. The molecule has 0 aliphatic heterocycles. The van der Waals surface area contributed by atoms with E-state index in [2.05, 4.69) is 45.5 Å². The van der Waals surface area contributed by atoms with Crippen LogP contribution in [0.3, 0.4) is 0 Å². The lowest BCUT2D eigenvalue weighted by atomic mass is 9.85. The number of rotatable bonds is 5. The van der Waals surface area contributed by atoms with Crippen LogP contribution >= 0.6 is 15.9 Å². The number of amides is 1. The molecule has 2 aliphatic carbocycles. The molecular weight excluding hydrogens is 462 g/mol. The van der Waals surface area contributed by atoms with Gasteiger partial charge in [0, 0.05) is 10.0 Å². The second-order valence-corrected chi connectivity index (χ2v) is 9.95. The van der Waals surface area contributed by atoms with Gasteiger partial charge in [-0.05, 0) is 48.4 Å². The summed E-state index contributed by atoms with van der Waals surface area (Å²) in [4.78, 5) is 23.0. The van der Waals surface area contributed by atoms with Gasteiger partial charge in [0.1, 0.15) is 0 Å². The monoisotopic (exact) mass is 489 g/mol. The third kappa shape index (κ3) is 4.78. The van der Waals surface area contributed by atoms with Crippen molar-refractivity contribution < 1.29 is 4.79 Å². The Morgan fingerprint density at radius 1 is 0.969 bits per heavy atom. The Bertz CT molecular complexity index is 1120. The van der Waals surface area contributed by atoms with E-state index in [1.807, 2.05) is 24.3 Å². The molecule has 5 rings (SSSR count). The lowest BCUT2D eigenvalue weighted by molar-refractivity contribution is -0.115. The summed E-state index contributed by atoms with van der Waals surface area (Å²) in [6.45, 7) is 0. The lowest BCUT2D eigenvalue weighted by Gasteiger charge is -2.24. The van der Waals surface area contributed by atoms with Crippen LogP contribution in [0.25, 0.3) is 11.3 Å². The van der Waals surface area contributed by atoms with Crippen molar-refractivity contribution in [2.24, 2.45) is 5.92 Å². The van der Waals surface area contributed by atoms with Crippen molar-refractivity contribution >= 4 is 27.7 Å². The summed E-state index contributed by atoms with van der Waals surface area (Å²) in [5, 5.41) is 3.11. The Morgan fingerprint density at radius 3 is 2.56 bits per heavy atom. The molecule has 5 heteroatoms. The van der Waals surface area contributed by atoms with Crippen molar-refractivity contribution in [2.45, 2.75) is 57.8 Å². The molecule has 1 saturated carbocycles. The number of aromatic nitrogens is 2. The zero-order valence-electron chi connectivity index (χ0n) is 18.2. The summed E-state index contributed by atoms with van der Waals surface area (Å²) in [6.07, 6.45) is 9.42. The summed E-state index contributed by atoms with van der Waals surface area (Å²) in [5.74, 6) is 1.25. The number of halogens is 1. The van der Waals surface area contributed by atoms with Gasteiger partial charge in [-0.2, -0.15) is 0 Å². The number of benzene rings is 2. The predicted octanol–water partition coefficient (Wildman–Crippen LogP) is 6.31. The first-order valence-electron chi connectivity index (χ1n) is 11.7. The number of nitrogens with zero attached hydrogens (tertiary/aromatic N) is 2. The quantitative estimate of drug-likeness (QED) is 0.456. The molecule has 1 fully saturated rings. The first kappa shape index (κ1) is 21.3. The maximum absolute atomic E-state index is 12.9. The van der Waals surface area contributed by atoms with Gasteiger partial charge in [-0.15, -0.1) is 0 Å². The lowest BCUT2D eigenvalue weighted by Crippen LogP contribution is -2.21. The van der Waals surface area contributed by atoms with Crippen LogP contribution in [0.1, 0.15) is 54.6 Å². The molecule has 1 N–H and O–H groups in total. The van der Waals surface area contributed by atoms with Gasteiger partial charge in [0.2, 0.25) is 5.91 Å². The summed E-state index contributed by atoms with van der Waals surface area (Å²) < 4.78 is 1.01. The van der Waals surface area contributed by atoms with Gasteiger partial charge in [-0.3, -0.25) is 4.79 Å². The van der Waals surface area contributed by atoms with Crippen LogP contribution in [0.4, 0.5) is 5.82 Å². The van der Waals surface area contributed by atoms with Gasteiger partial charge >= 0.3 is 0 Å². The van der Waals surface area contributed by atoms with E-state index in [0.29, 0.717) is 18.2 Å². The highest BCUT2D eigenvalue weighted by Gasteiger charge is 2.24. The van der Waals surface area contributed by atoms with E-state index in [-0.39, 0.29) is 5.91 Å². The van der Waals surface area contributed by atoms with Crippen LogP contribution in [0.15, 0.2) is 53.0 Å². The molecule has 3 aromatic rings. The van der Waals surface area contributed by atoms with Gasteiger partial charge in [0.05, 0.1) is 23.5 Å². The molecule has 1 aromatic heterocycles. The first-order chi connectivity index (χ1) is 15.7. The number of fused-ring (bicyclic) bond motifs is 3. The van der Waals surface area contributed by atoms with Gasteiger partial charge in [-0.25, -0.2) is 9.97 Å². The van der Waals surface area contributed by atoms with Gasteiger partial charge in [0.15, 0.2) is 5.82 Å². The van der Waals surface area contributed by atoms with E-state index in [4.69, 9.17) is 9.97 Å². The number of aryl methyl sites for hydroxylation is 2. The molecule has 0 atom stereocenters. The normalized spacial score (nSPS) is 15.7. The molecule has 1 heterocycles. The maximum Gasteiger partial charge on any atom is 0.229 e. The van der Waals surface area contributed by atoms with E-state index in [9.17, 15) is 4.79 Å². The van der Waals surface area contributed by atoms with Crippen LogP contribution < -0.4 is 5.32 Å². The molecular formula is C27H28BrN3O. The summed E-state index contributed by atoms with van der Waals surface area (Å²) in [5.41, 5.74) is 6.46. The Labute approximate surface area is 198 Å². The smallest absolute Gasteiger partial charge is 0.229 e. The Balaban J connectivity index is 1.45. The minimum Gasteiger partial charge on any atom is -0.309 e. The first-order valence-corrected chi connectivity index (χ1v) is 12.5. The predicted molar refractivity (Wildman–Crippen MR) is 132 cm³/mol. The average Bonchev–Trinajstić information content (AvgIpc) is 2.81. The minimum absolute atomic E-state index is 0.0392. The molecule has 4 nitrogen and oxygen atoms in total. The van der Waals surface area contributed by atoms with Crippen molar-refractivity contribution in [3.8, 4) is 11.3 Å². The van der Waals surface area contributed by atoms with Crippen LogP contribution in [0, 0.1) is 5.92 Å². The largest absolute Gasteiger partial charge is 0.309 e. The minimum atomic E-state index is -0.0392. The number of hydrogen-bond donors (Lipinski definition) is 1. The van der Waals surface area contributed by atoms with Gasteiger partial charge in [0.25, 0.3) is 0 Å². The van der Waals surface area contributed by atoms with E-state index in [0.717, 1.165) is 46.4 Å². The van der Waals surface area contributed by atoms with Gasteiger partial charge in [-0.1, -0.05) is 84.4 Å². The average molecular weight is 490 g/mol. The number of carbonyl (C=O) groups excluding carboxylic acids is 1. The van der Waals surface area contributed by atoms with E-state index in [1.54, 1.807) is 0 Å². The van der Waals surface area contributed by atoms with Crippen molar-refractivity contribution in [3.05, 3.63) is 75.5 Å². The molecule has 2 aromatic carbocycles. The fraction of sp³-hybridized carbons (Fsp3) is 0.370. The number of nitrogens with one attached hydrogen (secondary N) is 1. The molecule has 0 saturated heterocycles. The van der Waals surface area contributed by atoms with Crippen LogP contribution in [0.5, 0.6) is 0 Å². The third-order valence-corrected chi connectivity index (χ3v) is 7.22. The van der Waals surface area contributed by atoms with Crippen molar-refractivity contribution in [1.82, 2.24) is 9.97 Å². The van der Waals surface area contributed by atoms with Crippen LogP contribution in [-0.4, -0.2) is 15.9 Å². The molecule has 0 spiro atoms. The molecule has 1 amide bonds. The maximum atomic E-state index is 12.9. The molecule has 2 aliphatic rings. The highest BCUT2D eigenvalue weighted by atomic mass is 79.9. The van der Waals surface area contributed by atoms with Crippen molar-refractivity contribution in [1.29, 1.82) is 0 Å². The topological polar surface area (TPSA) is 54.9 Å². The Kier molecular flexibility index (Phi) is 6.35. The summed E-state index contributed by atoms with van der Waals surface area (Å²) in [6, 6.07) is 16.4. The highest BCUT2D eigenvalue weighted by molar-refractivity contribution is 9.10. The molecule has 0 radical (unpaired) electrons. The second kappa shape index (κ2) is 9.53. The molecule has 0 bridgehead atoms. The fourth-order valence-electron chi connectivity index (χ4n) is 4.99. The highest BCUT2D eigenvalue weighted by Crippen LogP contribution is 2.34. The standard InChI is InChI=1S/C27H28BrN3O/c28-21-13-10-19(11-14-21)17-25(32)31-27-24(16-18-6-2-1-3-7-18)29-26-22-9-5-4-8-20(22)12-15-23(26)30-27/h4-5,8-11,13-14,18H,1-3,6-7,12,15-17H2,(H,30,31,32). The van der Waals surface area contributed by atoms with E-state index in [1.165, 1.54) is 43.2 Å². The number of carbonyl (C=O) groups is 1. The molecule has 164 valence electrons. The van der Waals surface area contributed by atoms with Crippen molar-refractivity contribution in [3.63, 3.8) is 0 Å². The Morgan fingerprint density at radius 2 is 1.75 bits per heavy atom. The van der Waals surface area contributed by atoms with Gasteiger partial charge < -0.3 is 5.32 Å². The summed E-state index contributed by atoms with van der Waals surface area (Å²) in [7, 11) is 0. The van der Waals surface area contributed by atoms with Crippen LogP contribution in [0.2, 0.25) is 0 Å². The van der Waals surface area contributed by atoms with Crippen LogP contribution in [-0.2, 0) is 30.5 Å². The fourth-order valence-corrected chi connectivity index (χ4v) is 5.25.